The van der Waals surface area contributed by atoms with Gasteiger partial charge >= 0.3 is 6.09 Å². The van der Waals surface area contributed by atoms with Crippen LogP contribution >= 0.6 is 0 Å². The second-order valence-corrected chi connectivity index (χ2v) is 6.94. The van der Waals surface area contributed by atoms with Crippen LogP contribution in [-0.2, 0) is 4.74 Å². The highest BCUT2D eigenvalue weighted by Crippen LogP contribution is 2.31. The number of ether oxygens (including phenoxy) is 2. The number of benzene rings is 2. The van der Waals surface area contributed by atoms with E-state index >= 15 is 0 Å². The van der Waals surface area contributed by atoms with Crippen molar-refractivity contribution in [2.24, 2.45) is 0 Å². The largest absolute Gasteiger partial charge is 0.493 e. The van der Waals surface area contributed by atoms with Gasteiger partial charge in [-0.25, -0.2) is 4.79 Å². The van der Waals surface area contributed by atoms with Crippen molar-refractivity contribution >= 4 is 28.0 Å². The molecule has 1 aliphatic heterocycles. The maximum Gasteiger partial charge on any atom is 0.409 e. The Labute approximate surface area is 158 Å². The number of hydrogen-bond donors (Lipinski definition) is 0. The highest BCUT2D eigenvalue weighted by Gasteiger charge is 2.27. The Balaban J connectivity index is 1.42. The molecule has 0 spiro atoms. The highest BCUT2D eigenvalue weighted by atomic mass is 16.6. The van der Waals surface area contributed by atoms with Crippen LogP contribution in [0, 0.1) is 0 Å². The lowest BCUT2D eigenvalue weighted by Crippen LogP contribution is -2.44. The minimum absolute atomic E-state index is 0.191. The van der Waals surface area contributed by atoms with E-state index in [4.69, 9.17) is 13.9 Å². The van der Waals surface area contributed by atoms with Crippen molar-refractivity contribution in [3.8, 4) is 5.75 Å². The lowest BCUT2D eigenvalue weighted by Gasteiger charge is -2.34. The number of rotatable bonds is 5. The molecule has 0 radical (unpaired) electrons. The third-order valence-corrected chi connectivity index (χ3v) is 5.20. The fraction of sp³-hybridized carbons (Fsp3) is 0.409. The number of piperidine rings is 1. The summed E-state index contributed by atoms with van der Waals surface area (Å²) < 4.78 is 17.1. The molecule has 27 heavy (non-hydrogen) atoms. The Morgan fingerprint density at radius 3 is 2.89 bits per heavy atom. The molecule has 1 atom stereocenters. The number of hydrogen-bond acceptors (Lipinski definition) is 4. The average Bonchev–Trinajstić information content (AvgIpc) is 3.07. The molecule has 1 amide bonds. The summed E-state index contributed by atoms with van der Waals surface area (Å²) in [6, 6.07) is 14.1. The van der Waals surface area contributed by atoms with Gasteiger partial charge in [0.2, 0.25) is 0 Å². The van der Waals surface area contributed by atoms with Gasteiger partial charge in [-0.2, -0.15) is 0 Å². The number of para-hydroxylation sites is 1. The number of nitrogens with zero attached hydrogens (tertiary/aromatic N) is 1. The van der Waals surface area contributed by atoms with E-state index in [1.54, 1.807) is 0 Å². The van der Waals surface area contributed by atoms with E-state index in [0.29, 0.717) is 13.2 Å². The number of furan rings is 1. The van der Waals surface area contributed by atoms with E-state index in [1.807, 2.05) is 48.2 Å². The van der Waals surface area contributed by atoms with Crippen LogP contribution in [0.1, 0.15) is 32.6 Å². The minimum atomic E-state index is -0.200. The summed E-state index contributed by atoms with van der Waals surface area (Å²) >= 11 is 0. The van der Waals surface area contributed by atoms with Gasteiger partial charge in [-0.05, 0) is 50.5 Å². The molecule has 1 unspecified atom stereocenters. The summed E-state index contributed by atoms with van der Waals surface area (Å²) in [5.74, 6) is 0.826. The van der Waals surface area contributed by atoms with Crippen molar-refractivity contribution in [1.82, 2.24) is 4.90 Å². The summed E-state index contributed by atoms with van der Waals surface area (Å²) in [5.41, 5.74) is 1.75. The molecule has 1 saturated heterocycles. The fourth-order valence-electron chi connectivity index (χ4n) is 3.86. The zero-order valence-electron chi connectivity index (χ0n) is 15.6. The molecule has 5 heteroatoms. The number of amides is 1. The van der Waals surface area contributed by atoms with Crippen LogP contribution < -0.4 is 4.74 Å². The quantitative estimate of drug-likeness (QED) is 0.609. The third-order valence-electron chi connectivity index (χ3n) is 5.20. The number of fused-ring (bicyclic) bond motifs is 3. The number of carbonyl (C=O) groups is 1. The van der Waals surface area contributed by atoms with Crippen molar-refractivity contribution in [2.45, 2.75) is 38.6 Å². The molecule has 2 heterocycles. The Morgan fingerprint density at radius 1 is 1.15 bits per heavy atom. The minimum Gasteiger partial charge on any atom is -0.493 e. The van der Waals surface area contributed by atoms with Gasteiger partial charge in [0.1, 0.15) is 16.9 Å². The summed E-state index contributed by atoms with van der Waals surface area (Å²) in [6.45, 7) is 3.60. The Morgan fingerprint density at radius 2 is 2.00 bits per heavy atom. The first-order chi connectivity index (χ1) is 13.3. The monoisotopic (exact) mass is 367 g/mol. The zero-order valence-corrected chi connectivity index (χ0v) is 15.6. The second kappa shape index (κ2) is 7.91. The molecule has 0 bridgehead atoms. The van der Waals surface area contributed by atoms with E-state index in [0.717, 1.165) is 59.9 Å². The van der Waals surface area contributed by atoms with Crippen LogP contribution in [0.15, 0.2) is 46.9 Å². The van der Waals surface area contributed by atoms with E-state index in [9.17, 15) is 4.79 Å². The van der Waals surface area contributed by atoms with Crippen molar-refractivity contribution in [3.63, 3.8) is 0 Å². The van der Waals surface area contributed by atoms with Crippen molar-refractivity contribution < 1.29 is 18.7 Å². The van der Waals surface area contributed by atoms with Gasteiger partial charge in [-0.3, -0.25) is 0 Å². The lowest BCUT2D eigenvalue weighted by molar-refractivity contribution is 0.0702. The number of likely N-dealkylation sites (tertiary alicyclic amines) is 1. The predicted molar refractivity (Wildman–Crippen MR) is 105 cm³/mol. The zero-order chi connectivity index (χ0) is 18.6. The fourth-order valence-corrected chi connectivity index (χ4v) is 3.86. The standard InChI is InChI=1S/C22H25NO4/c1-2-25-22(24)23-13-6-5-7-16(23)12-14-26-17-10-11-21-19(15-17)18-8-3-4-9-20(18)27-21/h3-4,8-11,15-16H,2,5-7,12-14H2,1H3. The Bertz CT molecular complexity index is 932. The molecule has 1 aromatic heterocycles. The first-order valence-corrected chi connectivity index (χ1v) is 9.73. The molecule has 1 fully saturated rings. The van der Waals surface area contributed by atoms with Crippen LogP contribution in [-0.4, -0.2) is 36.8 Å². The summed E-state index contributed by atoms with van der Waals surface area (Å²) in [4.78, 5) is 14.0. The summed E-state index contributed by atoms with van der Waals surface area (Å²) in [7, 11) is 0. The molecular formula is C22H25NO4. The van der Waals surface area contributed by atoms with Gasteiger partial charge in [-0.15, -0.1) is 0 Å². The van der Waals surface area contributed by atoms with Crippen molar-refractivity contribution in [3.05, 3.63) is 42.5 Å². The van der Waals surface area contributed by atoms with Gasteiger partial charge in [0, 0.05) is 29.8 Å². The summed E-state index contributed by atoms with van der Waals surface area (Å²) in [5, 5.41) is 2.16. The molecule has 5 nitrogen and oxygen atoms in total. The number of carbonyl (C=O) groups excluding carboxylic acids is 1. The lowest BCUT2D eigenvalue weighted by atomic mass is 10.0. The van der Waals surface area contributed by atoms with Crippen LogP contribution in [0.3, 0.4) is 0 Å². The van der Waals surface area contributed by atoms with Crippen LogP contribution in [0.4, 0.5) is 4.79 Å². The molecule has 3 aromatic rings. The molecule has 142 valence electrons. The van der Waals surface area contributed by atoms with Crippen LogP contribution in [0.25, 0.3) is 21.9 Å². The topological polar surface area (TPSA) is 51.9 Å². The molecule has 0 N–H and O–H groups in total. The summed E-state index contributed by atoms with van der Waals surface area (Å²) in [6.07, 6.45) is 3.80. The molecule has 2 aromatic carbocycles. The van der Waals surface area contributed by atoms with Crippen LogP contribution in [0.5, 0.6) is 5.75 Å². The predicted octanol–water partition coefficient (Wildman–Crippen LogP) is 5.37. The van der Waals surface area contributed by atoms with E-state index in [-0.39, 0.29) is 12.1 Å². The SMILES string of the molecule is CCOC(=O)N1CCCCC1CCOc1ccc2oc3ccccc3c2c1. The smallest absolute Gasteiger partial charge is 0.409 e. The van der Waals surface area contributed by atoms with Gasteiger partial charge in [0.25, 0.3) is 0 Å². The van der Waals surface area contributed by atoms with Gasteiger partial charge in [0.15, 0.2) is 0 Å². The van der Waals surface area contributed by atoms with Gasteiger partial charge < -0.3 is 18.8 Å². The average molecular weight is 367 g/mol. The van der Waals surface area contributed by atoms with Gasteiger partial charge in [0.05, 0.1) is 13.2 Å². The maximum atomic E-state index is 12.1. The molecule has 1 aliphatic rings. The first kappa shape index (κ1) is 17.7. The Kier molecular flexibility index (Phi) is 5.19. The normalized spacial score (nSPS) is 17.4. The maximum absolute atomic E-state index is 12.1. The third kappa shape index (κ3) is 3.72. The molecule has 0 aliphatic carbocycles. The van der Waals surface area contributed by atoms with Crippen LogP contribution in [0.2, 0.25) is 0 Å². The van der Waals surface area contributed by atoms with E-state index < -0.39 is 0 Å². The molecule has 0 saturated carbocycles. The van der Waals surface area contributed by atoms with E-state index in [2.05, 4.69) is 6.07 Å². The molecule has 4 rings (SSSR count). The van der Waals surface area contributed by atoms with Crippen molar-refractivity contribution in [1.29, 1.82) is 0 Å². The van der Waals surface area contributed by atoms with Gasteiger partial charge in [-0.1, -0.05) is 18.2 Å². The van der Waals surface area contributed by atoms with E-state index in [1.165, 1.54) is 0 Å². The molecular weight excluding hydrogens is 342 g/mol. The van der Waals surface area contributed by atoms with Crippen molar-refractivity contribution in [2.75, 3.05) is 19.8 Å². The first-order valence-electron chi connectivity index (χ1n) is 9.73. The highest BCUT2D eigenvalue weighted by molar-refractivity contribution is 6.05. The second-order valence-electron chi connectivity index (χ2n) is 6.94. The Hall–Kier alpha value is -2.69.